The number of amides is 2. The predicted octanol–water partition coefficient (Wildman–Crippen LogP) is 2.63. The van der Waals surface area contributed by atoms with Crippen LogP contribution in [-0.2, 0) is 39.0 Å². The van der Waals surface area contributed by atoms with E-state index >= 15 is 0 Å². The normalized spacial score (nSPS) is 18.6. The molecule has 1 atom stereocenters. The monoisotopic (exact) mass is 455 g/mol. The fourth-order valence-electron chi connectivity index (χ4n) is 4.46. The maximum atomic E-state index is 13.0. The molecule has 0 aromatic heterocycles. The van der Waals surface area contributed by atoms with E-state index in [4.69, 9.17) is 0 Å². The van der Waals surface area contributed by atoms with Gasteiger partial charge in [0.1, 0.15) is 6.04 Å². The van der Waals surface area contributed by atoms with Crippen LogP contribution in [0.25, 0.3) is 0 Å². The predicted molar refractivity (Wildman–Crippen MR) is 123 cm³/mol. The zero-order valence-corrected chi connectivity index (χ0v) is 19.3. The third-order valence-electron chi connectivity index (χ3n) is 6.28. The molecule has 2 amide bonds. The van der Waals surface area contributed by atoms with Crippen molar-refractivity contribution in [1.82, 2.24) is 9.62 Å². The maximum absolute atomic E-state index is 13.0. The maximum Gasteiger partial charge on any atom is 0.243 e. The molecule has 2 aliphatic rings. The lowest BCUT2D eigenvalue weighted by atomic mass is 10.1. The van der Waals surface area contributed by atoms with Gasteiger partial charge in [0.25, 0.3) is 0 Å². The van der Waals surface area contributed by atoms with Crippen LogP contribution in [0.4, 0.5) is 5.69 Å². The van der Waals surface area contributed by atoms with Gasteiger partial charge in [-0.3, -0.25) is 14.5 Å². The molecule has 1 N–H and O–H groups in total. The SMILES string of the molecule is CCc1ccc(CNC(=O)[C@H]2Cc3cc(S(=O)(=O)N4CCCC4)ccc3N2C(C)=O)cc1. The fraction of sp³-hybridized carbons (Fsp3) is 0.417. The van der Waals surface area contributed by atoms with Gasteiger partial charge < -0.3 is 5.32 Å². The summed E-state index contributed by atoms with van der Waals surface area (Å²) in [5.41, 5.74) is 3.52. The molecule has 2 heterocycles. The molecule has 2 aromatic carbocycles. The second-order valence-corrected chi connectivity index (χ2v) is 10.3. The smallest absolute Gasteiger partial charge is 0.243 e. The molecule has 0 bridgehead atoms. The lowest BCUT2D eigenvalue weighted by Gasteiger charge is -2.23. The van der Waals surface area contributed by atoms with Gasteiger partial charge in [0, 0.05) is 38.7 Å². The first-order chi connectivity index (χ1) is 15.3. The Morgan fingerprint density at radius 1 is 1.03 bits per heavy atom. The Hall–Kier alpha value is -2.71. The van der Waals surface area contributed by atoms with Gasteiger partial charge in [-0.1, -0.05) is 31.2 Å². The molecule has 32 heavy (non-hydrogen) atoms. The average molecular weight is 456 g/mol. The number of sulfonamides is 1. The molecule has 0 spiro atoms. The summed E-state index contributed by atoms with van der Waals surface area (Å²) in [6.07, 6.45) is 2.98. The Morgan fingerprint density at radius 3 is 2.31 bits per heavy atom. The molecule has 7 nitrogen and oxygen atoms in total. The van der Waals surface area contributed by atoms with Crippen LogP contribution in [-0.4, -0.2) is 43.7 Å². The summed E-state index contributed by atoms with van der Waals surface area (Å²) in [6.45, 7) is 4.95. The van der Waals surface area contributed by atoms with Gasteiger partial charge in [0.2, 0.25) is 21.8 Å². The molecule has 0 radical (unpaired) electrons. The number of rotatable bonds is 6. The van der Waals surface area contributed by atoms with Crippen LogP contribution < -0.4 is 10.2 Å². The second kappa shape index (κ2) is 9.03. The van der Waals surface area contributed by atoms with Crippen LogP contribution >= 0.6 is 0 Å². The van der Waals surface area contributed by atoms with Crippen LogP contribution in [0, 0.1) is 0 Å². The minimum absolute atomic E-state index is 0.221. The largest absolute Gasteiger partial charge is 0.350 e. The van der Waals surface area contributed by atoms with Crippen molar-refractivity contribution in [3.63, 3.8) is 0 Å². The van der Waals surface area contributed by atoms with Crippen LogP contribution in [0.3, 0.4) is 0 Å². The Bertz CT molecular complexity index is 1120. The molecule has 1 fully saturated rings. The van der Waals surface area contributed by atoms with E-state index in [0.717, 1.165) is 24.8 Å². The minimum Gasteiger partial charge on any atom is -0.350 e. The number of carbonyl (C=O) groups excluding carboxylic acids is 2. The molecule has 0 saturated carbocycles. The average Bonchev–Trinajstić information content (AvgIpc) is 3.45. The van der Waals surface area contributed by atoms with Gasteiger partial charge in [-0.05, 0) is 54.2 Å². The van der Waals surface area contributed by atoms with Crippen LogP contribution in [0.1, 0.15) is 43.4 Å². The van der Waals surface area contributed by atoms with E-state index in [1.54, 1.807) is 12.1 Å². The van der Waals surface area contributed by atoms with E-state index in [0.29, 0.717) is 37.3 Å². The number of anilines is 1. The van der Waals surface area contributed by atoms with Crippen molar-refractivity contribution in [2.75, 3.05) is 18.0 Å². The topological polar surface area (TPSA) is 86.8 Å². The van der Waals surface area contributed by atoms with E-state index < -0.39 is 16.1 Å². The molecule has 0 unspecified atom stereocenters. The van der Waals surface area contributed by atoms with Crippen molar-refractivity contribution >= 4 is 27.5 Å². The Balaban J connectivity index is 1.52. The van der Waals surface area contributed by atoms with Crippen LogP contribution in [0.15, 0.2) is 47.4 Å². The van der Waals surface area contributed by atoms with Crippen molar-refractivity contribution in [2.45, 2.75) is 57.0 Å². The van der Waals surface area contributed by atoms with Crippen LogP contribution in [0.2, 0.25) is 0 Å². The first-order valence-corrected chi connectivity index (χ1v) is 12.5. The highest BCUT2D eigenvalue weighted by Gasteiger charge is 2.38. The molecule has 8 heteroatoms. The van der Waals surface area contributed by atoms with Gasteiger partial charge in [0.05, 0.1) is 4.90 Å². The molecule has 4 rings (SSSR count). The van der Waals surface area contributed by atoms with Crippen molar-refractivity contribution in [2.24, 2.45) is 0 Å². The number of hydrogen-bond donors (Lipinski definition) is 1. The van der Waals surface area contributed by atoms with E-state index in [-0.39, 0.29) is 16.7 Å². The van der Waals surface area contributed by atoms with Gasteiger partial charge in [-0.2, -0.15) is 4.31 Å². The molecular formula is C24H29N3O4S. The van der Waals surface area contributed by atoms with Gasteiger partial charge in [-0.15, -0.1) is 0 Å². The Kier molecular flexibility index (Phi) is 6.35. The van der Waals surface area contributed by atoms with Crippen molar-refractivity contribution in [3.8, 4) is 0 Å². The molecule has 170 valence electrons. The molecule has 1 saturated heterocycles. The summed E-state index contributed by atoms with van der Waals surface area (Å²) in [5.74, 6) is -0.494. The summed E-state index contributed by atoms with van der Waals surface area (Å²) in [5, 5.41) is 2.93. The Labute approximate surface area is 189 Å². The lowest BCUT2D eigenvalue weighted by molar-refractivity contribution is -0.125. The highest BCUT2D eigenvalue weighted by atomic mass is 32.2. The third kappa shape index (κ3) is 4.29. The standard InChI is InChI=1S/C24H29N3O4S/c1-3-18-6-8-19(9-7-18)16-25-24(29)23-15-20-14-21(10-11-22(20)27(23)17(2)28)32(30,31)26-12-4-5-13-26/h6-11,14,23H,3-5,12-13,15-16H2,1-2H3,(H,25,29)/t23-/m1/s1. The van der Waals surface area contributed by atoms with Crippen molar-refractivity contribution < 1.29 is 18.0 Å². The number of hydrogen-bond acceptors (Lipinski definition) is 4. The summed E-state index contributed by atoms with van der Waals surface area (Å²) < 4.78 is 27.4. The first-order valence-electron chi connectivity index (χ1n) is 11.1. The summed E-state index contributed by atoms with van der Waals surface area (Å²) in [7, 11) is -3.56. The number of aryl methyl sites for hydroxylation is 1. The number of nitrogens with zero attached hydrogens (tertiary/aromatic N) is 2. The number of benzene rings is 2. The van der Waals surface area contributed by atoms with Gasteiger partial charge >= 0.3 is 0 Å². The zero-order valence-electron chi connectivity index (χ0n) is 18.5. The summed E-state index contributed by atoms with van der Waals surface area (Å²) in [4.78, 5) is 27.1. The first kappa shape index (κ1) is 22.5. The van der Waals surface area contributed by atoms with Crippen molar-refractivity contribution in [1.29, 1.82) is 0 Å². The van der Waals surface area contributed by atoms with Gasteiger partial charge in [-0.25, -0.2) is 8.42 Å². The van der Waals surface area contributed by atoms with E-state index in [1.807, 2.05) is 24.3 Å². The lowest BCUT2D eigenvalue weighted by Crippen LogP contribution is -2.47. The fourth-order valence-corrected chi connectivity index (χ4v) is 6.03. The quantitative estimate of drug-likeness (QED) is 0.726. The van der Waals surface area contributed by atoms with Gasteiger partial charge in [0.15, 0.2) is 0 Å². The third-order valence-corrected chi connectivity index (χ3v) is 8.17. The summed E-state index contributed by atoms with van der Waals surface area (Å²) in [6, 6.07) is 12.2. The highest BCUT2D eigenvalue weighted by Crippen LogP contribution is 2.35. The summed E-state index contributed by atoms with van der Waals surface area (Å²) >= 11 is 0. The molecule has 0 aliphatic carbocycles. The number of carbonyl (C=O) groups is 2. The number of fused-ring (bicyclic) bond motifs is 1. The van der Waals surface area contributed by atoms with Crippen LogP contribution in [0.5, 0.6) is 0 Å². The zero-order chi connectivity index (χ0) is 22.9. The molecule has 2 aliphatic heterocycles. The second-order valence-electron chi connectivity index (χ2n) is 8.40. The minimum atomic E-state index is -3.56. The number of nitrogens with one attached hydrogen (secondary N) is 1. The Morgan fingerprint density at radius 2 is 1.69 bits per heavy atom. The van der Waals surface area contributed by atoms with E-state index in [1.165, 1.54) is 27.8 Å². The highest BCUT2D eigenvalue weighted by molar-refractivity contribution is 7.89. The molecular weight excluding hydrogens is 426 g/mol. The van der Waals surface area contributed by atoms with Crippen molar-refractivity contribution in [3.05, 3.63) is 59.2 Å². The molecule has 2 aromatic rings. The van der Waals surface area contributed by atoms with E-state index in [2.05, 4.69) is 12.2 Å². The van der Waals surface area contributed by atoms with E-state index in [9.17, 15) is 18.0 Å².